The fourth-order valence-electron chi connectivity index (χ4n) is 3.24. The molecule has 0 saturated heterocycles. The Labute approximate surface area is 115 Å². The fraction of sp³-hybridized carbons (Fsp3) is 0.562. The maximum atomic E-state index is 12.6. The number of hydrogen-bond donors (Lipinski definition) is 2. The van der Waals surface area contributed by atoms with Gasteiger partial charge in [-0.25, -0.2) is 0 Å². The summed E-state index contributed by atoms with van der Waals surface area (Å²) in [6, 6.07) is 7.41. The number of carbonyl (C=O) groups excluding carboxylic acids is 1. The monoisotopic (exact) mass is 260 g/mol. The SMILES string of the molecule is CC(C)CC1(C(=O)Nc2cccc(N)c2)CCCC1. The van der Waals surface area contributed by atoms with Crippen LogP contribution in [0.5, 0.6) is 0 Å². The second-order valence-electron chi connectivity index (χ2n) is 6.16. The van der Waals surface area contributed by atoms with Gasteiger partial charge in [0.25, 0.3) is 0 Å². The highest BCUT2D eigenvalue weighted by Gasteiger charge is 2.41. The molecule has 0 atom stereocenters. The lowest BCUT2D eigenvalue weighted by Gasteiger charge is -2.29. The first-order valence-corrected chi connectivity index (χ1v) is 7.19. The summed E-state index contributed by atoms with van der Waals surface area (Å²) >= 11 is 0. The summed E-state index contributed by atoms with van der Waals surface area (Å²) in [5, 5.41) is 3.05. The highest BCUT2D eigenvalue weighted by Crippen LogP contribution is 2.44. The average Bonchev–Trinajstić information content (AvgIpc) is 2.78. The van der Waals surface area contributed by atoms with E-state index in [1.54, 1.807) is 0 Å². The Balaban J connectivity index is 2.12. The molecule has 19 heavy (non-hydrogen) atoms. The molecule has 1 amide bonds. The minimum absolute atomic E-state index is 0.168. The largest absolute Gasteiger partial charge is 0.399 e. The lowest BCUT2D eigenvalue weighted by molar-refractivity contribution is -0.126. The van der Waals surface area contributed by atoms with Crippen molar-refractivity contribution in [1.29, 1.82) is 0 Å². The molecule has 2 rings (SSSR count). The van der Waals surface area contributed by atoms with Gasteiger partial charge < -0.3 is 11.1 Å². The molecular weight excluding hydrogens is 236 g/mol. The molecule has 0 radical (unpaired) electrons. The van der Waals surface area contributed by atoms with Crippen molar-refractivity contribution in [3.8, 4) is 0 Å². The first kappa shape index (κ1) is 13.9. The lowest BCUT2D eigenvalue weighted by Crippen LogP contribution is -2.35. The van der Waals surface area contributed by atoms with Crippen LogP contribution in [0.4, 0.5) is 11.4 Å². The van der Waals surface area contributed by atoms with E-state index in [2.05, 4.69) is 19.2 Å². The standard InChI is InChI=1S/C16H24N2O/c1-12(2)11-16(8-3-4-9-16)15(19)18-14-7-5-6-13(17)10-14/h5-7,10,12H,3-4,8-9,11,17H2,1-2H3,(H,18,19). The van der Waals surface area contributed by atoms with Crippen molar-refractivity contribution in [2.45, 2.75) is 46.0 Å². The maximum Gasteiger partial charge on any atom is 0.230 e. The normalized spacial score (nSPS) is 17.6. The summed E-state index contributed by atoms with van der Waals surface area (Å²) in [4.78, 5) is 12.6. The number of amides is 1. The molecule has 0 spiro atoms. The molecule has 1 saturated carbocycles. The molecule has 0 bridgehead atoms. The average molecular weight is 260 g/mol. The number of nitrogens with two attached hydrogens (primary N) is 1. The molecule has 3 N–H and O–H groups in total. The third-order valence-corrected chi connectivity index (χ3v) is 3.99. The lowest BCUT2D eigenvalue weighted by atomic mass is 9.77. The van der Waals surface area contributed by atoms with Crippen molar-refractivity contribution < 1.29 is 4.79 Å². The molecule has 1 aliphatic rings. The number of benzene rings is 1. The molecular formula is C16H24N2O. The predicted molar refractivity (Wildman–Crippen MR) is 79.8 cm³/mol. The number of nitrogens with one attached hydrogen (secondary N) is 1. The zero-order chi connectivity index (χ0) is 13.9. The summed E-state index contributed by atoms with van der Waals surface area (Å²) in [6.07, 6.45) is 5.33. The minimum atomic E-state index is -0.168. The third-order valence-electron chi connectivity index (χ3n) is 3.99. The van der Waals surface area contributed by atoms with Crippen molar-refractivity contribution in [1.82, 2.24) is 0 Å². The quantitative estimate of drug-likeness (QED) is 0.809. The molecule has 0 heterocycles. The van der Waals surface area contributed by atoms with E-state index in [0.29, 0.717) is 11.6 Å². The van der Waals surface area contributed by atoms with Crippen molar-refractivity contribution in [3.05, 3.63) is 24.3 Å². The Morgan fingerprint density at radius 3 is 2.63 bits per heavy atom. The Bertz CT molecular complexity index is 448. The first-order valence-electron chi connectivity index (χ1n) is 7.19. The van der Waals surface area contributed by atoms with E-state index in [0.717, 1.165) is 37.8 Å². The van der Waals surface area contributed by atoms with Crippen molar-refractivity contribution in [2.24, 2.45) is 11.3 Å². The van der Waals surface area contributed by atoms with Crippen LogP contribution < -0.4 is 11.1 Å². The van der Waals surface area contributed by atoms with Gasteiger partial charge in [-0.15, -0.1) is 0 Å². The topological polar surface area (TPSA) is 55.1 Å². The first-order chi connectivity index (χ1) is 9.02. The van der Waals surface area contributed by atoms with Gasteiger partial charge in [-0.3, -0.25) is 4.79 Å². The Kier molecular flexibility index (Phi) is 4.13. The number of hydrogen-bond acceptors (Lipinski definition) is 2. The van der Waals surface area contributed by atoms with Gasteiger partial charge in [-0.2, -0.15) is 0 Å². The van der Waals surface area contributed by atoms with Gasteiger partial charge in [0.2, 0.25) is 5.91 Å². The van der Waals surface area contributed by atoms with Gasteiger partial charge in [-0.1, -0.05) is 32.8 Å². The van der Waals surface area contributed by atoms with Crippen molar-refractivity contribution >= 4 is 17.3 Å². The number of carbonyl (C=O) groups is 1. The molecule has 0 aliphatic heterocycles. The summed E-state index contributed by atoms with van der Waals surface area (Å²) in [7, 11) is 0. The van der Waals surface area contributed by atoms with E-state index < -0.39 is 0 Å². The van der Waals surface area contributed by atoms with E-state index in [4.69, 9.17) is 5.73 Å². The number of nitrogen functional groups attached to an aromatic ring is 1. The van der Waals surface area contributed by atoms with E-state index in [9.17, 15) is 4.79 Å². The van der Waals surface area contributed by atoms with Crippen molar-refractivity contribution in [2.75, 3.05) is 11.1 Å². The van der Waals surface area contributed by atoms with Crippen LogP contribution in [0.25, 0.3) is 0 Å². The molecule has 0 aromatic heterocycles. The van der Waals surface area contributed by atoms with Gasteiger partial charge >= 0.3 is 0 Å². The Hall–Kier alpha value is -1.51. The highest BCUT2D eigenvalue weighted by molar-refractivity contribution is 5.95. The second-order valence-corrected chi connectivity index (χ2v) is 6.16. The zero-order valence-electron chi connectivity index (χ0n) is 11.9. The van der Waals surface area contributed by atoms with Crippen LogP contribution >= 0.6 is 0 Å². The summed E-state index contributed by atoms with van der Waals surface area (Å²) < 4.78 is 0. The van der Waals surface area contributed by atoms with Gasteiger partial charge in [0.05, 0.1) is 0 Å². The van der Waals surface area contributed by atoms with Gasteiger partial charge in [0.15, 0.2) is 0 Å². The van der Waals surface area contributed by atoms with Gasteiger partial charge in [0, 0.05) is 16.8 Å². The molecule has 1 aromatic rings. The summed E-state index contributed by atoms with van der Waals surface area (Å²) in [5.41, 5.74) is 7.07. The van der Waals surface area contributed by atoms with Crippen LogP contribution in [0, 0.1) is 11.3 Å². The van der Waals surface area contributed by atoms with Crippen molar-refractivity contribution in [3.63, 3.8) is 0 Å². The molecule has 1 aromatic carbocycles. The van der Waals surface area contributed by atoms with Gasteiger partial charge in [0.1, 0.15) is 0 Å². The number of rotatable bonds is 4. The Morgan fingerprint density at radius 2 is 2.05 bits per heavy atom. The smallest absolute Gasteiger partial charge is 0.230 e. The van der Waals surface area contributed by atoms with E-state index in [1.165, 1.54) is 0 Å². The molecule has 1 fully saturated rings. The minimum Gasteiger partial charge on any atom is -0.399 e. The van der Waals surface area contributed by atoms with Crippen LogP contribution in [0.15, 0.2) is 24.3 Å². The third kappa shape index (κ3) is 3.28. The Morgan fingerprint density at radius 1 is 1.37 bits per heavy atom. The van der Waals surface area contributed by atoms with Crippen LogP contribution in [0.2, 0.25) is 0 Å². The maximum absolute atomic E-state index is 12.6. The highest BCUT2D eigenvalue weighted by atomic mass is 16.2. The molecule has 3 heteroatoms. The summed E-state index contributed by atoms with van der Waals surface area (Å²) in [5.74, 6) is 0.717. The second kappa shape index (κ2) is 5.64. The molecule has 1 aliphatic carbocycles. The summed E-state index contributed by atoms with van der Waals surface area (Å²) in [6.45, 7) is 4.38. The zero-order valence-corrected chi connectivity index (χ0v) is 11.9. The van der Waals surface area contributed by atoms with E-state index >= 15 is 0 Å². The fourth-order valence-corrected chi connectivity index (χ4v) is 3.24. The molecule has 104 valence electrons. The molecule has 0 unspecified atom stereocenters. The van der Waals surface area contributed by atoms with E-state index in [-0.39, 0.29) is 11.3 Å². The number of anilines is 2. The molecule has 3 nitrogen and oxygen atoms in total. The van der Waals surface area contributed by atoms with Gasteiger partial charge in [-0.05, 0) is 43.4 Å². The van der Waals surface area contributed by atoms with Crippen LogP contribution in [-0.4, -0.2) is 5.91 Å². The van der Waals surface area contributed by atoms with Crippen LogP contribution in [0.1, 0.15) is 46.0 Å². The van der Waals surface area contributed by atoms with E-state index in [1.807, 2.05) is 24.3 Å². The van der Waals surface area contributed by atoms with Crippen LogP contribution in [-0.2, 0) is 4.79 Å². The van der Waals surface area contributed by atoms with Crippen LogP contribution in [0.3, 0.4) is 0 Å². The predicted octanol–water partition coefficient (Wildman–Crippen LogP) is 3.81.